The Hall–Kier alpha value is -3.15. The minimum atomic E-state index is -0.179. The number of aryl methyl sites for hydroxylation is 3. The second kappa shape index (κ2) is 6.39. The van der Waals surface area contributed by atoms with Crippen molar-refractivity contribution in [3.63, 3.8) is 0 Å². The molecule has 0 spiro atoms. The van der Waals surface area contributed by atoms with Crippen molar-refractivity contribution in [2.45, 2.75) is 20.4 Å². The standard InChI is InChI=1S/C19H21N5O/c1-5-16(25)21-9-13-6-11(2)17(12(3)7-13)15-8-14-18(20)22-10-23-19(14)24(15)4/h5-8,10H,1,9H2,2-4H3,(H,21,25)(H2,20,22,23). The summed E-state index contributed by atoms with van der Waals surface area (Å²) in [5, 5.41) is 3.65. The zero-order valence-electron chi connectivity index (χ0n) is 14.6. The molecule has 128 valence electrons. The lowest BCUT2D eigenvalue weighted by Crippen LogP contribution is -2.20. The van der Waals surface area contributed by atoms with Crippen molar-refractivity contribution in [3.8, 4) is 11.3 Å². The van der Waals surface area contributed by atoms with Gasteiger partial charge in [-0.2, -0.15) is 0 Å². The zero-order valence-corrected chi connectivity index (χ0v) is 14.6. The van der Waals surface area contributed by atoms with Gasteiger partial charge in [0, 0.05) is 19.2 Å². The number of hydrogen-bond acceptors (Lipinski definition) is 4. The summed E-state index contributed by atoms with van der Waals surface area (Å²) in [4.78, 5) is 19.8. The molecule has 25 heavy (non-hydrogen) atoms. The fourth-order valence-corrected chi connectivity index (χ4v) is 3.21. The quantitative estimate of drug-likeness (QED) is 0.718. The van der Waals surface area contributed by atoms with Gasteiger partial charge in [-0.1, -0.05) is 18.7 Å². The summed E-state index contributed by atoms with van der Waals surface area (Å²) < 4.78 is 2.03. The first-order chi connectivity index (χ1) is 11.9. The van der Waals surface area contributed by atoms with Crippen LogP contribution in [0.1, 0.15) is 16.7 Å². The molecule has 0 fully saturated rings. The van der Waals surface area contributed by atoms with E-state index in [9.17, 15) is 4.79 Å². The summed E-state index contributed by atoms with van der Waals surface area (Å²) in [6.45, 7) is 8.06. The van der Waals surface area contributed by atoms with E-state index in [2.05, 4.69) is 47.8 Å². The molecule has 0 atom stereocenters. The number of amides is 1. The van der Waals surface area contributed by atoms with Crippen molar-refractivity contribution < 1.29 is 4.79 Å². The number of nitrogens with zero attached hydrogens (tertiary/aromatic N) is 3. The molecule has 0 aliphatic heterocycles. The molecule has 6 heteroatoms. The van der Waals surface area contributed by atoms with Crippen molar-refractivity contribution in [2.75, 3.05) is 5.73 Å². The highest BCUT2D eigenvalue weighted by Crippen LogP contribution is 2.33. The third-order valence-corrected chi connectivity index (χ3v) is 4.35. The largest absolute Gasteiger partial charge is 0.383 e. The Bertz CT molecular complexity index is 964. The first kappa shape index (κ1) is 16.7. The number of rotatable bonds is 4. The Morgan fingerprint density at radius 3 is 2.56 bits per heavy atom. The number of anilines is 1. The van der Waals surface area contributed by atoms with Gasteiger partial charge in [0.05, 0.1) is 11.1 Å². The number of carbonyl (C=O) groups excluding carboxylic acids is 1. The van der Waals surface area contributed by atoms with Gasteiger partial charge in [-0.3, -0.25) is 4.79 Å². The van der Waals surface area contributed by atoms with Gasteiger partial charge in [-0.25, -0.2) is 9.97 Å². The molecule has 0 aliphatic rings. The minimum Gasteiger partial charge on any atom is -0.383 e. The summed E-state index contributed by atoms with van der Waals surface area (Å²) >= 11 is 0. The lowest BCUT2D eigenvalue weighted by atomic mass is 9.96. The van der Waals surface area contributed by atoms with Crippen LogP contribution in [0.25, 0.3) is 22.3 Å². The lowest BCUT2D eigenvalue weighted by molar-refractivity contribution is -0.116. The van der Waals surface area contributed by atoms with E-state index < -0.39 is 0 Å². The second-order valence-electron chi connectivity index (χ2n) is 6.11. The molecule has 3 aromatic rings. The fourth-order valence-electron chi connectivity index (χ4n) is 3.21. The third-order valence-electron chi connectivity index (χ3n) is 4.35. The number of aromatic nitrogens is 3. The number of benzene rings is 1. The van der Waals surface area contributed by atoms with E-state index in [0.717, 1.165) is 39.0 Å². The number of carbonyl (C=O) groups is 1. The lowest BCUT2D eigenvalue weighted by Gasteiger charge is -2.14. The normalized spacial score (nSPS) is 10.8. The smallest absolute Gasteiger partial charge is 0.243 e. The van der Waals surface area contributed by atoms with Crippen LogP contribution in [0.3, 0.4) is 0 Å². The number of nitrogens with two attached hydrogens (primary N) is 1. The van der Waals surface area contributed by atoms with E-state index in [1.54, 1.807) is 0 Å². The van der Waals surface area contributed by atoms with Gasteiger partial charge in [0.25, 0.3) is 0 Å². The van der Waals surface area contributed by atoms with Crippen molar-refractivity contribution in [3.05, 3.63) is 53.9 Å². The maximum atomic E-state index is 11.4. The zero-order chi connectivity index (χ0) is 18.1. The number of nitrogens with one attached hydrogen (secondary N) is 1. The van der Waals surface area contributed by atoms with Gasteiger partial charge in [0.15, 0.2) is 0 Å². The van der Waals surface area contributed by atoms with Crippen LogP contribution in [0.4, 0.5) is 5.82 Å². The van der Waals surface area contributed by atoms with Crippen molar-refractivity contribution >= 4 is 22.8 Å². The van der Waals surface area contributed by atoms with E-state index in [4.69, 9.17) is 5.73 Å². The molecular formula is C19H21N5O. The molecule has 0 aliphatic carbocycles. The molecule has 1 aromatic carbocycles. The summed E-state index contributed by atoms with van der Waals surface area (Å²) in [6, 6.07) is 6.19. The molecule has 3 rings (SSSR count). The van der Waals surface area contributed by atoms with Gasteiger partial charge < -0.3 is 15.6 Å². The predicted octanol–water partition coefficient (Wildman–Crippen LogP) is 2.64. The Morgan fingerprint density at radius 1 is 1.28 bits per heavy atom. The molecule has 0 saturated heterocycles. The van der Waals surface area contributed by atoms with E-state index in [1.165, 1.54) is 12.4 Å². The fraction of sp³-hybridized carbons (Fsp3) is 0.211. The van der Waals surface area contributed by atoms with Gasteiger partial charge in [-0.15, -0.1) is 0 Å². The van der Waals surface area contributed by atoms with E-state index in [1.807, 2.05) is 17.7 Å². The molecule has 0 bridgehead atoms. The van der Waals surface area contributed by atoms with Crippen LogP contribution in [0.5, 0.6) is 0 Å². The average molecular weight is 335 g/mol. The highest BCUT2D eigenvalue weighted by atomic mass is 16.1. The topological polar surface area (TPSA) is 85.8 Å². The molecule has 0 radical (unpaired) electrons. The number of hydrogen-bond donors (Lipinski definition) is 2. The molecular weight excluding hydrogens is 314 g/mol. The van der Waals surface area contributed by atoms with Crippen LogP contribution >= 0.6 is 0 Å². The van der Waals surface area contributed by atoms with Crippen molar-refractivity contribution in [1.29, 1.82) is 0 Å². The second-order valence-corrected chi connectivity index (χ2v) is 6.11. The van der Waals surface area contributed by atoms with E-state index in [-0.39, 0.29) is 5.91 Å². The van der Waals surface area contributed by atoms with E-state index in [0.29, 0.717) is 12.4 Å². The van der Waals surface area contributed by atoms with Crippen LogP contribution in [0, 0.1) is 13.8 Å². The minimum absolute atomic E-state index is 0.179. The van der Waals surface area contributed by atoms with Gasteiger partial charge in [-0.05, 0) is 42.7 Å². The number of fused-ring (bicyclic) bond motifs is 1. The van der Waals surface area contributed by atoms with Gasteiger partial charge in [0.2, 0.25) is 5.91 Å². The first-order valence-corrected chi connectivity index (χ1v) is 7.99. The molecule has 2 heterocycles. The highest BCUT2D eigenvalue weighted by molar-refractivity contribution is 5.92. The molecule has 2 aromatic heterocycles. The Morgan fingerprint density at radius 2 is 1.96 bits per heavy atom. The summed E-state index contributed by atoms with van der Waals surface area (Å²) in [5.74, 6) is 0.299. The Balaban J connectivity index is 2.06. The molecule has 6 nitrogen and oxygen atoms in total. The van der Waals surface area contributed by atoms with Gasteiger partial charge >= 0.3 is 0 Å². The SMILES string of the molecule is C=CC(=O)NCc1cc(C)c(-c2cc3c(N)ncnc3n2C)c(C)c1. The predicted molar refractivity (Wildman–Crippen MR) is 99.9 cm³/mol. The van der Waals surface area contributed by atoms with Crippen LogP contribution < -0.4 is 11.1 Å². The highest BCUT2D eigenvalue weighted by Gasteiger charge is 2.15. The average Bonchev–Trinajstić information content (AvgIpc) is 2.90. The summed E-state index contributed by atoms with van der Waals surface area (Å²) in [6.07, 6.45) is 2.75. The third kappa shape index (κ3) is 2.98. The van der Waals surface area contributed by atoms with Crippen LogP contribution in [0.2, 0.25) is 0 Å². The molecule has 0 saturated carbocycles. The van der Waals surface area contributed by atoms with Crippen LogP contribution in [-0.4, -0.2) is 20.4 Å². The van der Waals surface area contributed by atoms with E-state index >= 15 is 0 Å². The maximum absolute atomic E-state index is 11.4. The van der Waals surface area contributed by atoms with Crippen molar-refractivity contribution in [2.24, 2.45) is 7.05 Å². The monoisotopic (exact) mass is 335 g/mol. The first-order valence-electron chi connectivity index (χ1n) is 7.99. The maximum Gasteiger partial charge on any atom is 0.243 e. The van der Waals surface area contributed by atoms with Crippen molar-refractivity contribution in [1.82, 2.24) is 19.9 Å². The Labute approximate surface area is 146 Å². The Kier molecular flexibility index (Phi) is 4.27. The van der Waals surface area contributed by atoms with Gasteiger partial charge in [0.1, 0.15) is 17.8 Å². The van der Waals surface area contributed by atoms with Crippen LogP contribution in [-0.2, 0) is 18.4 Å². The number of nitrogen functional groups attached to an aromatic ring is 1. The summed E-state index contributed by atoms with van der Waals surface area (Å²) in [5.41, 5.74) is 12.3. The summed E-state index contributed by atoms with van der Waals surface area (Å²) in [7, 11) is 1.97. The molecule has 1 amide bonds. The van der Waals surface area contributed by atoms with Crippen LogP contribution in [0.15, 0.2) is 37.2 Å². The molecule has 0 unspecified atom stereocenters. The molecule has 3 N–H and O–H groups in total.